The molecule has 0 aliphatic rings. The van der Waals surface area contributed by atoms with Gasteiger partial charge in [0, 0.05) is 0 Å². The van der Waals surface area contributed by atoms with Gasteiger partial charge in [-0.1, -0.05) is 70.1 Å². The Kier molecular flexibility index (Phi) is 12.4. The standard InChI is InChI=1S/C17H36O2S2/c1-9-14(8)18-16(12(4)5)20-21-17(13(6)7)19-15(10-2)11-3/h12-17H,9-11H2,1-8H3. The van der Waals surface area contributed by atoms with Gasteiger partial charge in [0.05, 0.1) is 12.2 Å². The summed E-state index contributed by atoms with van der Waals surface area (Å²) in [5, 5.41) is 0. The van der Waals surface area contributed by atoms with Crippen LogP contribution >= 0.6 is 21.6 Å². The number of ether oxygens (including phenoxy) is 2. The van der Waals surface area contributed by atoms with E-state index in [0.717, 1.165) is 19.3 Å². The second-order valence-electron chi connectivity index (χ2n) is 6.35. The predicted octanol–water partition coefficient (Wildman–Crippen LogP) is 6.35. The molecule has 0 saturated carbocycles. The van der Waals surface area contributed by atoms with E-state index in [9.17, 15) is 0 Å². The van der Waals surface area contributed by atoms with Gasteiger partial charge in [-0.3, -0.25) is 0 Å². The highest BCUT2D eigenvalue weighted by atomic mass is 33.1. The maximum absolute atomic E-state index is 6.26. The van der Waals surface area contributed by atoms with E-state index in [1.165, 1.54) is 0 Å². The van der Waals surface area contributed by atoms with Gasteiger partial charge in [0.15, 0.2) is 0 Å². The lowest BCUT2D eigenvalue weighted by Crippen LogP contribution is -2.25. The third-order valence-corrected chi connectivity index (χ3v) is 6.79. The van der Waals surface area contributed by atoms with Crippen LogP contribution in [0.1, 0.15) is 74.7 Å². The molecule has 128 valence electrons. The Labute approximate surface area is 140 Å². The maximum Gasteiger partial charge on any atom is 0.115 e. The second kappa shape index (κ2) is 12.1. The molecule has 3 unspecified atom stereocenters. The first-order chi connectivity index (χ1) is 9.85. The average molecular weight is 337 g/mol. The summed E-state index contributed by atoms with van der Waals surface area (Å²) in [6.07, 6.45) is 3.93. The monoisotopic (exact) mass is 336 g/mol. The minimum absolute atomic E-state index is 0.233. The largest absolute Gasteiger partial charge is 0.364 e. The number of hydrogen-bond donors (Lipinski definition) is 0. The van der Waals surface area contributed by atoms with Gasteiger partial charge in [-0.25, -0.2) is 0 Å². The Hall–Kier alpha value is 0.620. The molecule has 21 heavy (non-hydrogen) atoms. The van der Waals surface area contributed by atoms with Crippen LogP contribution in [0.5, 0.6) is 0 Å². The van der Waals surface area contributed by atoms with Crippen LogP contribution < -0.4 is 0 Å². The highest BCUT2D eigenvalue weighted by Gasteiger charge is 2.24. The molecule has 3 atom stereocenters. The fourth-order valence-corrected chi connectivity index (χ4v) is 5.05. The molecule has 2 nitrogen and oxygen atoms in total. The second-order valence-corrected chi connectivity index (χ2v) is 8.82. The summed E-state index contributed by atoms with van der Waals surface area (Å²) in [5.41, 5.74) is 0.471. The van der Waals surface area contributed by atoms with Gasteiger partial charge in [-0.2, -0.15) is 0 Å². The van der Waals surface area contributed by atoms with Crippen molar-refractivity contribution in [1.82, 2.24) is 0 Å². The first-order valence-corrected chi connectivity index (χ1v) is 10.8. The molecule has 0 aromatic carbocycles. The zero-order valence-corrected chi connectivity index (χ0v) is 16.9. The molecule has 0 rings (SSSR count). The van der Waals surface area contributed by atoms with E-state index in [-0.39, 0.29) is 10.9 Å². The Bertz CT molecular complexity index is 243. The molecule has 0 aliphatic heterocycles. The van der Waals surface area contributed by atoms with Crippen molar-refractivity contribution in [3.8, 4) is 0 Å². The van der Waals surface area contributed by atoms with E-state index in [0.29, 0.717) is 24.0 Å². The Morgan fingerprint density at radius 1 is 0.667 bits per heavy atom. The van der Waals surface area contributed by atoms with Crippen LogP contribution in [0.4, 0.5) is 0 Å². The van der Waals surface area contributed by atoms with Gasteiger partial charge in [-0.15, -0.1) is 0 Å². The minimum atomic E-state index is 0.233. The van der Waals surface area contributed by atoms with Crippen molar-refractivity contribution >= 4 is 21.6 Å². The number of hydrogen-bond acceptors (Lipinski definition) is 4. The van der Waals surface area contributed by atoms with Crippen LogP contribution in [0, 0.1) is 11.8 Å². The van der Waals surface area contributed by atoms with Crippen LogP contribution in [0.2, 0.25) is 0 Å². The van der Waals surface area contributed by atoms with E-state index < -0.39 is 0 Å². The molecular weight excluding hydrogens is 300 g/mol. The van der Waals surface area contributed by atoms with Crippen molar-refractivity contribution in [2.24, 2.45) is 11.8 Å². The van der Waals surface area contributed by atoms with E-state index >= 15 is 0 Å². The van der Waals surface area contributed by atoms with Crippen LogP contribution in [-0.2, 0) is 9.47 Å². The van der Waals surface area contributed by atoms with Crippen LogP contribution in [0.15, 0.2) is 0 Å². The predicted molar refractivity (Wildman–Crippen MR) is 98.7 cm³/mol. The third kappa shape index (κ3) is 9.37. The lowest BCUT2D eigenvalue weighted by molar-refractivity contribution is 0.0108. The van der Waals surface area contributed by atoms with Crippen molar-refractivity contribution in [3.05, 3.63) is 0 Å². The van der Waals surface area contributed by atoms with E-state index in [1.54, 1.807) is 0 Å². The molecule has 4 heteroatoms. The molecule has 0 radical (unpaired) electrons. The fourth-order valence-electron chi connectivity index (χ4n) is 1.69. The summed E-state index contributed by atoms with van der Waals surface area (Å²) in [4.78, 5) is 0. The summed E-state index contributed by atoms with van der Waals surface area (Å²) < 4.78 is 12.4. The Morgan fingerprint density at radius 2 is 1.10 bits per heavy atom. The zero-order valence-electron chi connectivity index (χ0n) is 15.2. The maximum atomic E-state index is 6.26. The topological polar surface area (TPSA) is 18.5 Å². The summed E-state index contributed by atoms with van der Waals surface area (Å²) in [5.74, 6) is 1.02. The normalized spacial score (nSPS) is 16.7. The summed E-state index contributed by atoms with van der Waals surface area (Å²) in [6.45, 7) is 17.7. The lowest BCUT2D eigenvalue weighted by Gasteiger charge is -2.29. The minimum Gasteiger partial charge on any atom is -0.364 e. The van der Waals surface area contributed by atoms with Crippen molar-refractivity contribution in [2.45, 2.75) is 97.7 Å². The molecule has 0 bridgehead atoms. The van der Waals surface area contributed by atoms with Gasteiger partial charge >= 0.3 is 0 Å². The van der Waals surface area contributed by atoms with Crippen LogP contribution in [-0.4, -0.2) is 23.1 Å². The first-order valence-electron chi connectivity index (χ1n) is 8.48. The van der Waals surface area contributed by atoms with E-state index in [4.69, 9.17) is 9.47 Å². The Morgan fingerprint density at radius 3 is 1.43 bits per heavy atom. The zero-order chi connectivity index (χ0) is 16.4. The molecule has 0 saturated heterocycles. The van der Waals surface area contributed by atoms with Crippen molar-refractivity contribution in [2.75, 3.05) is 0 Å². The van der Waals surface area contributed by atoms with E-state index in [1.807, 2.05) is 21.6 Å². The smallest absolute Gasteiger partial charge is 0.115 e. The SMILES string of the molecule is CCC(C)OC(SSC(OC(CC)CC)C(C)C)C(C)C. The fraction of sp³-hybridized carbons (Fsp3) is 1.00. The quantitative estimate of drug-likeness (QED) is 0.305. The number of rotatable bonds is 12. The molecule has 0 heterocycles. The molecule has 0 spiro atoms. The molecule has 0 amide bonds. The van der Waals surface area contributed by atoms with Gasteiger partial charge in [0.25, 0.3) is 0 Å². The van der Waals surface area contributed by atoms with Gasteiger partial charge in [-0.05, 0) is 38.0 Å². The van der Waals surface area contributed by atoms with Gasteiger partial charge in [0.2, 0.25) is 0 Å². The molecule has 0 fully saturated rings. The lowest BCUT2D eigenvalue weighted by atomic mass is 10.2. The van der Waals surface area contributed by atoms with E-state index in [2.05, 4.69) is 55.4 Å². The summed E-state index contributed by atoms with van der Waals surface area (Å²) >= 11 is 0. The van der Waals surface area contributed by atoms with Crippen LogP contribution in [0.3, 0.4) is 0 Å². The van der Waals surface area contributed by atoms with Crippen molar-refractivity contribution in [1.29, 1.82) is 0 Å². The summed E-state index contributed by atoms with van der Waals surface area (Å²) in [6, 6.07) is 0. The van der Waals surface area contributed by atoms with Gasteiger partial charge < -0.3 is 9.47 Å². The molecule has 0 aliphatic carbocycles. The van der Waals surface area contributed by atoms with Crippen molar-refractivity contribution in [3.63, 3.8) is 0 Å². The summed E-state index contributed by atoms with van der Waals surface area (Å²) in [7, 11) is 3.69. The molecule has 0 aromatic heterocycles. The molecular formula is C17H36O2S2. The van der Waals surface area contributed by atoms with Crippen molar-refractivity contribution < 1.29 is 9.47 Å². The third-order valence-electron chi connectivity index (χ3n) is 3.51. The Balaban J connectivity index is 4.48. The van der Waals surface area contributed by atoms with Gasteiger partial charge in [0.1, 0.15) is 10.9 Å². The van der Waals surface area contributed by atoms with Crippen LogP contribution in [0.25, 0.3) is 0 Å². The highest BCUT2D eigenvalue weighted by molar-refractivity contribution is 8.77. The first kappa shape index (κ1) is 21.6. The highest BCUT2D eigenvalue weighted by Crippen LogP contribution is 2.39. The average Bonchev–Trinajstić information content (AvgIpc) is 2.45. The molecule has 0 N–H and O–H groups in total. The molecule has 0 aromatic rings.